The van der Waals surface area contributed by atoms with Crippen LogP contribution < -0.4 is 9.62 Å². The second kappa shape index (κ2) is 12.4. The third-order valence-electron chi connectivity index (χ3n) is 5.33. The summed E-state index contributed by atoms with van der Waals surface area (Å²) >= 11 is 12.1. The number of sulfonamides is 1. The van der Waals surface area contributed by atoms with Crippen molar-refractivity contribution < 1.29 is 31.2 Å². The summed E-state index contributed by atoms with van der Waals surface area (Å²) in [6.45, 7) is 4.64. The lowest BCUT2D eigenvalue weighted by Gasteiger charge is -2.31. The van der Waals surface area contributed by atoms with Gasteiger partial charge in [-0.05, 0) is 48.7 Å². The van der Waals surface area contributed by atoms with Crippen molar-refractivity contribution >= 4 is 50.7 Å². The zero-order valence-electron chi connectivity index (χ0n) is 20.6. The smallest absolute Gasteiger partial charge is 0.354 e. The number of nitrogens with one attached hydrogen (secondary N) is 1. The van der Waals surface area contributed by atoms with Gasteiger partial charge >= 0.3 is 6.18 Å². The number of hydrogen-bond donors (Lipinski definition) is 1. The van der Waals surface area contributed by atoms with Crippen molar-refractivity contribution in [1.29, 1.82) is 0 Å². The molecule has 1 N–H and O–H groups in total. The normalized spacial score (nSPS) is 12.8. The lowest BCUT2D eigenvalue weighted by Crippen LogP contribution is -2.51. The van der Waals surface area contributed by atoms with Gasteiger partial charge in [-0.2, -0.15) is 13.2 Å². The number of nitrogens with zero attached hydrogens (tertiary/aromatic N) is 2. The summed E-state index contributed by atoms with van der Waals surface area (Å²) in [6, 6.07) is 7.22. The molecule has 1 unspecified atom stereocenters. The summed E-state index contributed by atoms with van der Waals surface area (Å²) in [5.74, 6) is -1.15. The van der Waals surface area contributed by atoms with Gasteiger partial charge in [0.15, 0.2) is 0 Å². The molecule has 0 radical (unpaired) electrons. The molecule has 37 heavy (non-hydrogen) atoms. The van der Waals surface area contributed by atoms with Crippen molar-refractivity contribution in [3.63, 3.8) is 0 Å². The SMILES string of the molecule is CC(C)CNC(=O)C(C)N(Cc1ccc(Cl)c(Cl)c1)C(=O)CN(c1cccc(C(F)(F)F)c1)S(C)(=O)=O. The van der Waals surface area contributed by atoms with Crippen LogP contribution in [0.4, 0.5) is 18.9 Å². The minimum absolute atomic E-state index is 0.133. The Morgan fingerprint density at radius 1 is 1.03 bits per heavy atom. The first kappa shape index (κ1) is 30.7. The maximum Gasteiger partial charge on any atom is 0.416 e. The van der Waals surface area contributed by atoms with Crippen LogP contribution in [0.25, 0.3) is 0 Å². The summed E-state index contributed by atoms with van der Waals surface area (Å²) in [5, 5.41) is 3.22. The van der Waals surface area contributed by atoms with Crippen molar-refractivity contribution in [2.24, 2.45) is 5.92 Å². The summed E-state index contributed by atoms with van der Waals surface area (Å²) in [4.78, 5) is 27.4. The quantitative estimate of drug-likeness (QED) is 0.429. The number of alkyl halides is 3. The molecule has 0 heterocycles. The highest BCUT2D eigenvalue weighted by Crippen LogP contribution is 2.32. The number of halogens is 5. The maximum atomic E-state index is 13.5. The van der Waals surface area contributed by atoms with Crippen LogP contribution in [0.1, 0.15) is 31.9 Å². The number of amides is 2. The molecule has 13 heteroatoms. The predicted molar refractivity (Wildman–Crippen MR) is 138 cm³/mol. The first-order valence-electron chi connectivity index (χ1n) is 11.2. The number of benzene rings is 2. The van der Waals surface area contributed by atoms with Crippen molar-refractivity contribution in [2.75, 3.05) is 23.7 Å². The molecule has 0 saturated heterocycles. The van der Waals surface area contributed by atoms with E-state index in [2.05, 4.69) is 5.32 Å². The topological polar surface area (TPSA) is 86.8 Å². The van der Waals surface area contributed by atoms with E-state index in [-0.39, 0.29) is 28.2 Å². The van der Waals surface area contributed by atoms with Gasteiger partial charge in [-0.25, -0.2) is 8.42 Å². The van der Waals surface area contributed by atoms with Gasteiger partial charge in [0.05, 0.1) is 27.6 Å². The van der Waals surface area contributed by atoms with E-state index in [0.29, 0.717) is 22.5 Å². The summed E-state index contributed by atoms with van der Waals surface area (Å²) in [5.41, 5.74) is -0.895. The Balaban J connectivity index is 2.45. The average molecular weight is 582 g/mol. The fourth-order valence-electron chi connectivity index (χ4n) is 3.32. The van der Waals surface area contributed by atoms with Gasteiger partial charge in [0.25, 0.3) is 0 Å². The van der Waals surface area contributed by atoms with Gasteiger partial charge in [0, 0.05) is 13.1 Å². The Kier molecular flexibility index (Phi) is 10.3. The van der Waals surface area contributed by atoms with Crippen LogP contribution in [0.5, 0.6) is 0 Å². The van der Waals surface area contributed by atoms with Crippen LogP contribution in [0.2, 0.25) is 10.0 Å². The van der Waals surface area contributed by atoms with Gasteiger partial charge in [-0.1, -0.05) is 49.2 Å². The molecule has 7 nitrogen and oxygen atoms in total. The van der Waals surface area contributed by atoms with Crippen LogP contribution >= 0.6 is 23.2 Å². The fourth-order valence-corrected chi connectivity index (χ4v) is 4.48. The highest BCUT2D eigenvalue weighted by molar-refractivity contribution is 7.92. The Bertz CT molecular complexity index is 1240. The fraction of sp³-hybridized carbons (Fsp3) is 0.417. The van der Waals surface area contributed by atoms with Gasteiger partial charge in [0.1, 0.15) is 12.6 Å². The number of carbonyl (C=O) groups is 2. The minimum Gasteiger partial charge on any atom is -0.354 e. The zero-order valence-corrected chi connectivity index (χ0v) is 23.0. The van der Waals surface area contributed by atoms with Crippen LogP contribution in [-0.2, 0) is 32.3 Å². The molecule has 0 aromatic heterocycles. The molecule has 2 amide bonds. The van der Waals surface area contributed by atoms with Crippen LogP contribution in [0.3, 0.4) is 0 Å². The molecule has 0 spiro atoms. The third-order valence-corrected chi connectivity index (χ3v) is 7.21. The van der Waals surface area contributed by atoms with E-state index < -0.39 is 46.2 Å². The molecule has 0 saturated carbocycles. The standard InChI is InChI=1S/C24H28Cl2F3N3O4S/c1-15(2)12-30-23(34)16(3)31(13-17-8-9-20(25)21(26)10-17)22(33)14-32(37(4,35)36)19-7-5-6-18(11-19)24(27,28)29/h5-11,15-16H,12-14H2,1-4H3,(H,30,34). The second-order valence-corrected chi connectivity index (χ2v) is 11.6. The van der Waals surface area contributed by atoms with Crippen LogP contribution in [-0.4, -0.2) is 50.5 Å². The zero-order chi connectivity index (χ0) is 28.1. The molecule has 0 aliphatic carbocycles. The molecule has 0 fully saturated rings. The molecule has 2 aromatic rings. The number of anilines is 1. The molecule has 0 bridgehead atoms. The van der Waals surface area contributed by atoms with Gasteiger partial charge < -0.3 is 10.2 Å². The molecular formula is C24H28Cl2F3N3O4S. The van der Waals surface area contributed by atoms with Gasteiger partial charge in [-0.3, -0.25) is 13.9 Å². The summed E-state index contributed by atoms with van der Waals surface area (Å²) in [7, 11) is -4.18. The van der Waals surface area contributed by atoms with E-state index in [1.165, 1.54) is 19.1 Å². The molecule has 2 aromatic carbocycles. The van der Waals surface area contributed by atoms with E-state index in [1.807, 2.05) is 13.8 Å². The van der Waals surface area contributed by atoms with E-state index in [1.54, 1.807) is 6.07 Å². The van der Waals surface area contributed by atoms with E-state index >= 15 is 0 Å². The molecule has 2 rings (SSSR count). The number of hydrogen-bond acceptors (Lipinski definition) is 4. The van der Waals surface area contributed by atoms with E-state index in [9.17, 15) is 31.2 Å². The summed E-state index contributed by atoms with van der Waals surface area (Å²) in [6.07, 6.45) is -3.94. The van der Waals surface area contributed by atoms with Crippen molar-refractivity contribution in [2.45, 2.75) is 39.5 Å². The molecule has 0 aliphatic rings. The molecular weight excluding hydrogens is 554 g/mol. The van der Waals surface area contributed by atoms with E-state index in [0.717, 1.165) is 29.4 Å². The highest BCUT2D eigenvalue weighted by Gasteiger charge is 2.33. The highest BCUT2D eigenvalue weighted by atomic mass is 35.5. The molecule has 1 atom stereocenters. The first-order valence-corrected chi connectivity index (χ1v) is 13.8. The lowest BCUT2D eigenvalue weighted by molar-refractivity contribution is -0.139. The number of rotatable bonds is 10. The lowest BCUT2D eigenvalue weighted by atomic mass is 10.1. The van der Waals surface area contributed by atoms with Crippen LogP contribution in [0.15, 0.2) is 42.5 Å². The second-order valence-electron chi connectivity index (χ2n) is 8.90. The molecule has 0 aliphatic heterocycles. The largest absolute Gasteiger partial charge is 0.416 e. The monoisotopic (exact) mass is 581 g/mol. The third kappa shape index (κ3) is 8.79. The predicted octanol–water partition coefficient (Wildman–Crippen LogP) is 4.97. The van der Waals surface area contributed by atoms with Crippen molar-refractivity contribution in [3.8, 4) is 0 Å². The van der Waals surface area contributed by atoms with E-state index in [4.69, 9.17) is 23.2 Å². The Labute approximate surface area is 224 Å². The minimum atomic E-state index is -4.72. The maximum absolute atomic E-state index is 13.5. The average Bonchev–Trinajstić information content (AvgIpc) is 2.79. The van der Waals surface area contributed by atoms with Crippen LogP contribution in [0, 0.1) is 5.92 Å². The Morgan fingerprint density at radius 2 is 1.68 bits per heavy atom. The van der Waals surface area contributed by atoms with Crippen molar-refractivity contribution in [3.05, 3.63) is 63.6 Å². The number of carbonyl (C=O) groups excluding carboxylic acids is 2. The Morgan fingerprint density at radius 3 is 2.22 bits per heavy atom. The first-order chi connectivity index (χ1) is 17.0. The van der Waals surface area contributed by atoms with Crippen molar-refractivity contribution in [1.82, 2.24) is 10.2 Å². The Hall–Kier alpha value is -2.50. The van der Waals surface area contributed by atoms with Gasteiger partial charge in [0.2, 0.25) is 21.8 Å². The summed E-state index contributed by atoms with van der Waals surface area (Å²) < 4.78 is 65.4. The molecule has 204 valence electrons. The van der Waals surface area contributed by atoms with Gasteiger partial charge in [-0.15, -0.1) is 0 Å².